The molecule has 0 fully saturated rings. The van der Waals surface area contributed by atoms with Gasteiger partial charge in [0, 0.05) is 53.1 Å². The summed E-state index contributed by atoms with van der Waals surface area (Å²) in [6.07, 6.45) is 0. The molecule has 4 nitrogen and oxygen atoms in total. The number of thiophene rings is 2. The van der Waals surface area contributed by atoms with Crippen molar-refractivity contribution in [2.75, 3.05) is 0 Å². The minimum absolute atomic E-state index is 0.0614. The largest absolute Gasteiger partial charge is 0.297 e. The Kier molecular flexibility index (Phi) is 4.71. The minimum atomic E-state index is -0.151. The highest BCUT2D eigenvalue weighted by molar-refractivity contribution is 7.27. The first-order chi connectivity index (χ1) is 22.6. The molecule has 11 rings (SSSR count). The molecule has 0 bridgehead atoms. The highest BCUT2D eigenvalue weighted by atomic mass is 32.1. The van der Waals surface area contributed by atoms with Crippen LogP contribution in [-0.4, -0.2) is 25.8 Å². The standard InChI is InChI=1S/C40H31BN4S2/c1-39(2,3)37-42-31-33-24(18-22-20-12-7-9-16-28(20)46-35(22)31)41-25-19-23-21-13-8-10-17-29(21)47-36(23)32-34(25)45(38(43-32)40(4,5)6)27-15-11-14-26(30(27)41)44(33)37/h7-19H,1-6H3. The Labute approximate surface area is 280 Å². The first-order valence-corrected chi connectivity index (χ1v) is 18.1. The van der Waals surface area contributed by atoms with E-state index in [-0.39, 0.29) is 17.5 Å². The Morgan fingerprint density at radius 2 is 1.00 bits per heavy atom. The summed E-state index contributed by atoms with van der Waals surface area (Å²) in [5.74, 6) is 2.23. The van der Waals surface area contributed by atoms with Gasteiger partial charge in [-0.1, -0.05) is 96.1 Å². The fraction of sp³-hybridized carbons (Fsp3) is 0.200. The molecule has 0 atom stereocenters. The van der Waals surface area contributed by atoms with E-state index in [1.54, 1.807) is 0 Å². The molecule has 0 N–H and O–H groups in total. The average Bonchev–Trinajstić information content (AvgIpc) is 3.81. The van der Waals surface area contributed by atoms with Crippen LogP contribution in [0.5, 0.6) is 0 Å². The Bertz CT molecular complexity index is 2690. The van der Waals surface area contributed by atoms with Gasteiger partial charge in [0.1, 0.15) is 22.7 Å². The van der Waals surface area contributed by atoms with E-state index in [0.29, 0.717) is 0 Å². The molecule has 5 aromatic carbocycles. The van der Waals surface area contributed by atoms with Gasteiger partial charge in [0.15, 0.2) is 0 Å². The van der Waals surface area contributed by atoms with E-state index in [2.05, 4.69) is 130 Å². The van der Waals surface area contributed by atoms with Gasteiger partial charge in [0.05, 0.1) is 20.4 Å². The van der Waals surface area contributed by atoms with Gasteiger partial charge in [0.25, 0.3) is 6.71 Å². The quantitative estimate of drug-likeness (QED) is 0.155. The molecular formula is C40H31BN4S2. The zero-order valence-electron chi connectivity index (χ0n) is 27.2. The average molecular weight is 643 g/mol. The number of rotatable bonds is 0. The third-order valence-corrected chi connectivity index (χ3v) is 12.8. The molecule has 0 unspecified atom stereocenters. The predicted molar refractivity (Wildman–Crippen MR) is 204 cm³/mol. The van der Waals surface area contributed by atoms with Crippen LogP contribution in [0.4, 0.5) is 0 Å². The molecule has 4 aromatic heterocycles. The van der Waals surface area contributed by atoms with Crippen LogP contribution in [0.15, 0.2) is 78.9 Å². The number of benzene rings is 5. The van der Waals surface area contributed by atoms with Gasteiger partial charge in [0.2, 0.25) is 0 Å². The van der Waals surface area contributed by atoms with Crippen LogP contribution in [0, 0.1) is 0 Å². The maximum absolute atomic E-state index is 5.58. The summed E-state index contributed by atoms with van der Waals surface area (Å²) in [5, 5.41) is 5.26. The molecule has 0 spiro atoms. The molecule has 0 radical (unpaired) electrons. The van der Waals surface area contributed by atoms with E-state index in [1.807, 2.05) is 22.7 Å². The number of hydrogen-bond acceptors (Lipinski definition) is 4. The lowest BCUT2D eigenvalue weighted by Crippen LogP contribution is -2.59. The Hall–Kier alpha value is -4.46. The van der Waals surface area contributed by atoms with Gasteiger partial charge in [-0.25, -0.2) is 9.97 Å². The van der Waals surface area contributed by atoms with Gasteiger partial charge >= 0.3 is 0 Å². The maximum Gasteiger partial charge on any atom is 0.252 e. The molecule has 0 saturated heterocycles. The van der Waals surface area contributed by atoms with Gasteiger partial charge in [-0.2, -0.15) is 0 Å². The molecule has 47 heavy (non-hydrogen) atoms. The second kappa shape index (κ2) is 8.33. The number of fused-ring (bicyclic) bond motifs is 12. The first-order valence-electron chi connectivity index (χ1n) is 16.5. The summed E-state index contributed by atoms with van der Waals surface area (Å²) >= 11 is 3.76. The van der Waals surface area contributed by atoms with Crippen molar-refractivity contribution in [2.24, 2.45) is 0 Å². The van der Waals surface area contributed by atoms with Crippen LogP contribution in [0.1, 0.15) is 53.2 Å². The van der Waals surface area contributed by atoms with E-state index in [4.69, 9.17) is 9.97 Å². The van der Waals surface area contributed by atoms with Gasteiger partial charge in [-0.05, 0) is 40.7 Å². The van der Waals surface area contributed by atoms with E-state index in [1.165, 1.54) is 79.1 Å². The number of nitrogens with zero attached hydrogens (tertiary/aromatic N) is 4. The molecule has 6 heterocycles. The smallest absolute Gasteiger partial charge is 0.252 e. The molecule has 0 aliphatic carbocycles. The van der Waals surface area contributed by atoms with Gasteiger partial charge in [-0.3, -0.25) is 9.13 Å². The fourth-order valence-corrected chi connectivity index (χ4v) is 10.9. The third-order valence-electron chi connectivity index (χ3n) is 10.4. The third kappa shape index (κ3) is 3.15. The van der Waals surface area contributed by atoms with Crippen molar-refractivity contribution in [3.63, 3.8) is 0 Å². The molecule has 0 amide bonds. The molecule has 7 heteroatoms. The monoisotopic (exact) mass is 642 g/mol. The summed E-state index contributed by atoms with van der Waals surface area (Å²) < 4.78 is 10.2. The van der Waals surface area contributed by atoms with Gasteiger partial charge in [-0.15, -0.1) is 22.7 Å². The minimum Gasteiger partial charge on any atom is -0.297 e. The van der Waals surface area contributed by atoms with Crippen LogP contribution in [0.25, 0.3) is 73.8 Å². The maximum atomic E-state index is 5.58. The van der Waals surface area contributed by atoms with Crippen LogP contribution < -0.4 is 16.4 Å². The second-order valence-electron chi connectivity index (χ2n) is 15.5. The highest BCUT2D eigenvalue weighted by Gasteiger charge is 2.44. The predicted octanol–water partition coefficient (Wildman–Crippen LogP) is 8.84. The summed E-state index contributed by atoms with van der Waals surface area (Å²) in [5.41, 5.74) is 11.0. The lowest BCUT2D eigenvalue weighted by molar-refractivity contribution is 0.538. The van der Waals surface area contributed by atoms with Crippen molar-refractivity contribution >= 4 is 108 Å². The van der Waals surface area contributed by atoms with Crippen molar-refractivity contribution < 1.29 is 0 Å². The topological polar surface area (TPSA) is 35.6 Å². The van der Waals surface area contributed by atoms with E-state index in [9.17, 15) is 0 Å². The van der Waals surface area contributed by atoms with E-state index in [0.717, 1.165) is 22.7 Å². The summed E-state index contributed by atoms with van der Waals surface area (Å²) in [6.45, 7) is 13.8. The first kappa shape index (κ1) is 26.6. The van der Waals surface area contributed by atoms with Crippen molar-refractivity contribution in [1.29, 1.82) is 0 Å². The molecular weight excluding hydrogens is 611 g/mol. The van der Waals surface area contributed by atoms with Crippen molar-refractivity contribution in [1.82, 2.24) is 19.1 Å². The van der Waals surface area contributed by atoms with Crippen molar-refractivity contribution in [2.45, 2.75) is 52.4 Å². The molecule has 0 saturated carbocycles. The van der Waals surface area contributed by atoms with Crippen molar-refractivity contribution in [3.8, 4) is 11.4 Å². The van der Waals surface area contributed by atoms with E-state index >= 15 is 0 Å². The highest BCUT2D eigenvalue weighted by Crippen LogP contribution is 2.44. The van der Waals surface area contributed by atoms with Crippen molar-refractivity contribution in [3.05, 3.63) is 90.5 Å². The zero-order chi connectivity index (χ0) is 31.7. The van der Waals surface area contributed by atoms with Crippen LogP contribution in [0.3, 0.4) is 0 Å². The Balaban J connectivity index is 1.40. The molecule has 9 aromatic rings. The molecule has 2 aliphatic heterocycles. The van der Waals surface area contributed by atoms with Crippen LogP contribution in [-0.2, 0) is 10.8 Å². The lowest BCUT2D eigenvalue weighted by atomic mass is 9.34. The normalized spacial score (nSPS) is 14.1. The summed E-state index contributed by atoms with van der Waals surface area (Å²) in [6, 6.07) is 29.7. The number of hydrogen-bond donors (Lipinski definition) is 0. The number of aromatic nitrogens is 4. The second-order valence-corrected chi connectivity index (χ2v) is 17.6. The zero-order valence-corrected chi connectivity index (χ0v) is 28.8. The lowest BCUT2D eigenvalue weighted by Gasteiger charge is -2.35. The SMILES string of the molecule is CC(C)(C)c1nc2c3sc4ccccc4c3cc3c2n1-c1cccc2c1B3c1cc3c4ccccc4sc3c3nc(C(C)(C)C)n-2c13. The summed E-state index contributed by atoms with van der Waals surface area (Å²) in [7, 11) is 0. The van der Waals surface area contributed by atoms with E-state index < -0.39 is 0 Å². The van der Waals surface area contributed by atoms with Gasteiger partial charge < -0.3 is 0 Å². The van der Waals surface area contributed by atoms with Crippen LogP contribution in [0.2, 0.25) is 0 Å². The number of imidazole rings is 2. The van der Waals surface area contributed by atoms with Crippen LogP contribution >= 0.6 is 22.7 Å². The Morgan fingerprint density at radius 3 is 1.45 bits per heavy atom. The summed E-state index contributed by atoms with van der Waals surface area (Å²) in [4.78, 5) is 11.2. The molecule has 2 aliphatic rings. The fourth-order valence-electron chi connectivity index (χ4n) is 8.53. The Morgan fingerprint density at radius 1 is 0.553 bits per heavy atom. The molecule has 226 valence electrons.